The van der Waals surface area contributed by atoms with Crippen LogP contribution in [0.1, 0.15) is 29.2 Å². The highest BCUT2D eigenvalue weighted by Crippen LogP contribution is 2.30. The predicted molar refractivity (Wildman–Crippen MR) is 75.8 cm³/mol. The molecule has 1 aliphatic heterocycles. The van der Waals surface area contributed by atoms with Crippen LogP contribution in [0.5, 0.6) is 0 Å². The second-order valence-electron chi connectivity index (χ2n) is 4.97. The van der Waals surface area contributed by atoms with E-state index in [1.54, 1.807) is 6.07 Å². The molecule has 0 saturated carbocycles. The van der Waals surface area contributed by atoms with E-state index < -0.39 is 6.04 Å². The third kappa shape index (κ3) is 2.30. The lowest BCUT2D eigenvalue weighted by molar-refractivity contribution is -0.116. The van der Waals surface area contributed by atoms with Gasteiger partial charge in [-0.15, -0.1) is 0 Å². The Hall–Kier alpha value is -2.20. The van der Waals surface area contributed by atoms with Crippen molar-refractivity contribution < 1.29 is 9.18 Å². The zero-order valence-electron chi connectivity index (χ0n) is 10.9. The summed E-state index contributed by atoms with van der Waals surface area (Å²) in [6, 6.07) is 12.1. The summed E-state index contributed by atoms with van der Waals surface area (Å²) in [6.45, 7) is 0. The van der Waals surface area contributed by atoms with Crippen LogP contribution in [0.15, 0.2) is 42.5 Å². The molecule has 0 saturated heterocycles. The smallest absolute Gasteiger partial charge is 0.224 e. The van der Waals surface area contributed by atoms with E-state index in [0.29, 0.717) is 24.1 Å². The lowest BCUT2D eigenvalue weighted by atomic mass is 9.94. The van der Waals surface area contributed by atoms with Crippen LogP contribution in [0.3, 0.4) is 0 Å². The van der Waals surface area contributed by atoms with Gasteiger partial charge in [-0.05, 0) is 29.7 Å². The highest BCUT2D eigenvalue weighted by molar-refractivity contribution is 5.93. The molecule has 1 amide bonds. The molecule has 0 radical (unpaired) electrons. The third-order valence-corrected chi connectivity index (χ3v) is 3.61. The van der Waals surface area contributed by atoms with E-state index in [-0.39, 0.29) is 11.7 Å². The first-order valence-corrected chi connectivity index (χ1v) is 6.58. The van der Waals surface area contributed by atoms with Gasteiger partial charge in [0.1, 0.15) is 5.82 Å². The molecule has 3 N–H and O–H groups in total. The summed E-state index contributed by atoms with van der Waals surface area (Å²) in [5, 5.41) is 2.69. The van der Waals surface area contributed by atoms with Crippen molar-refractivity contribution in [3.05, 3.63) is 65.0 Å². The van der Waals surface area contributed by atoms with Crippen molar-refractivity contribution in [3.8, 4) is 0 Å². The van der Waals surface area contributed by atoms with Crippen molar-refractivity contribution in [1.29, 1.82) is 0 Å². The predicted octanol–water partition coefficient (Wildman–Crippen LogP) is 2.76. The number of aryl methyl sites for hydroxylation is 1. The molecule has 20 heavy (non-hydrogen) atoms. The van der Waals surface area contributed by atoms with Gasteiger partial charge in [0.05, 0.1) is 6.04 Å². The number of anilines is 1. The van der Waals surface area contributed by atoms with Crippen LogP contribution in [0.4, 0.5) is 10.1 Å². The van der Waals surface area contributed by atoms with Gasteiger partial charge >= 0.3 is 0 Å². The minimum Gasteiger partial charge on any atom is -0.326 e. The fraction of sp³-hybridized carbons (Fsp3) is 0.188. The van der Waals surface area contributed by atoms with Gasteiger partial charge in [-0.1, -0.05) is 30.3 Å². The molecule has 0 fully saturated rings. The summed E-state index contributed by atoms with van der Waals surface area (Å²) in [7, 11) is 0. The van der Waals surface area contributed by atoms with Crippen LogP contribution < -0.4 is 11.1 Å². The zero-order valence-corrected chi connectivity index (χ0v) is 10.9. The molecule has 0 aliphatic carbocycles. The standard InChI is InChI=1S/C16H15FN2O/c17-13-9-14-11(6-7-15(20)19-14)8-12(13)16(18)10-4-2-1-3-5-10/h1-5,8-9,16H,6-7,18H2,(H,19,20). The van der Waals surface area contributed by atoms with Crippen molar-refractivity contribution in [2.45, 2.75) is 18.9 Å². The largest absolute Gasteiger partial charge is 0.326 e. The van der Waals surface area contributed by atoms with Crippen LogP contribution in [0.2, 0.25) is 0 Å². The average molecular weight is 270 g/mol. The Morgan fingerprint density at radius 3 is 2.65 bits per heavy atom. The first kappa shape index (κ1) is 12.8. The van der Waals surface area contributed by atoms with E-state index in [2.05, 4.69) is 5.32 Å². The maximum absolute atomic E-state index is 14.2. The summed E-state index contributed by atoms with van der Waals surface area (Å²) < 4.78 is 14.2. The second-order valence-corrected chi connectivity index (χ2v) is 4.97. The van der Waals surface area contributed by atoms with Gasteiger partial charge < -0.3 is 11.1 Å². The Morgan fingerprint density at radius 2 is 1.90 bits per heavy atom. The minimum atomic E-state index is -0.501. The van der Waals surface area contributed by atoms with Gasteiger partial charge in [0, 0.05) is 17.7 Å². The van der Waals surface area contributed by atoms with E-state index in [1.165, 1.54) is 6.07 Å². The first-order chi connectivity index (χ1) is 9.65. The number of carbonyl (C=O) groups excluding carboxylic acids is 1. The number of nitrogens with one attached hydrogen (secondary N) is 1. The molecule has 1 heterocycles. The molecule has 4 heteroatoms. The molecule has 0 spiro atoms. The highest BCUT2D eigenvalue weighted by atomic mass is 19.1. The summed E-state index contributed by atoms with van der Waals surface area (Å²) in [4.78, 5) is 11.3. The molecular formula is C16H15FN2O. The number of fused-ring (bicyclic) bond motifs is 1. The quantitative estimate of drug-likeness (QED) is 0.881. The van der Waals surface area contributed by atoms with Crippen LogP contribution in [0.25, 0.3) is 0 Å². The van der Waals surface area contributed by atoms with Crippen molar-refractivity contribution in [3.63, 3.8) is 0 Å². The molecule has 102 valence electrons. The Labute approximate surface area is 116 Å². The summed E-state index contributed by atoms with van der Waals surface area (Å²) in [5.41, 5.74) is 8.98. The van der Waals surface area contributed by atoms with Crippen LogP contribution >= 0.6 is 0 Å². The number of halogens is 1. The number of benzene rings is 2. The number of hydrogen-bond donors (Lipinski definition) is 2. The maximum Gasteiger partial charge on any atom is 0.224 e. The summed E-state index contributed by atoms with van der Waals surface area (Å²) in [5.74, 6) is -0.459. The van der Waals surface area contributed by atoms with Crippen molar-refractivity contribution in [2.24, 2.45) is 5.73 Å². The highest BCUT2D eigenvalue weighted by Gasteiger charge is 2.20. The van der Waals surface area contributed by atoms with Crippen molar-refractivity contribution >= 4 is 11.6 Å². The molecule has 2 aromatic rings. The van der Waals surface area contributed by atoms with Gasteiger partial charge in [0.15, 0.2) is 0 Å². The Bertz CT molecular complexity index is 655. The lowest BCUT2D eigenvalue weighted by Gasteiger charge is -2.20. The third-order valence-electron chi connectivity index (χ3n) is 3.61. The summed E-state index contributed by atoms with van der Waals surface area (Å²) >= 11 is 0. The van der Waals surface area contributed by atoms with Crippen molar-refractivity contribution in [1.82, 2.24) is 0 Å². The van der Waals surface area contributed by atoms with Crippen LogP contribution in [0, 0.1) is 5.82 Å². The second kappa shape index (κ2) is 5.06. The van der Waals surface area contributed by atoms with Gasteiger partial charge in [-0.2, -0.15) is 0 Å². The molecule has 2 aromatic carbocycles. The molecule has 3 nitrogen and oxygen atoms in total. The molecular weight excluding hydrogens is 255 g/mol. The zero-order chi connectivity index (χ0) is 14.1. The van der Waals surface area contributed by atoms with Crippen molar-refractivity contribution in [2.75, 3.05) is 5.32 Å². The van der Waals surface area contributed by atoms with Gasteiger partial charge in [-0.25, -0.2) is 4.39 Å². The van der Waals surface area contributed by atoms with E-state index >= 15 is 0 Å². The number of carbonyl (C=O) groups is 1. The SMILES string of the molecule is NC(c1ccccc1)c1cc2c(cc1F)NC(=O)CC2. The van der Waals surface area contributed by atoms with Gasteiger partial charge in [0.2, 0.25) is 5.91 Å². The Morgan fingerprint density at radius 1 is 1.15 bits per heavy atom. The topological polar surface area (TPSA) is 55.1 Å². The Kier molecular flexibility index (Phi) is 3.24. The lowest BCUT2D eigenvalue weighted by Crippen LogP contribution is -2.21. The normalized spacial score (nSPS) is 15.4. The fourth-order valence-electron chi connectivity index (χ4n) is 2.50. The van der Waals surface area contributed by atoms with Crippen LogP contribution in [-0.2, 0) is 11.2 Å². The number of amides is 1. The van der Waals surface area contributed by atoms with E-state index in [0.717, 1.165) is 11.1 Å². The molecule has 1 unspecified atom stereocenters. The van der Waals surface area contributed by atoms with E-state index in [1.807, 2.05) is 30.3 Å². The number of rotatable bonds is 2. The van der Waals surface area contributed by atoms with E-state index in [9.17, 15) is 9.18 Å². The molecule has 0 bridgehead atoms. The van der Waals surface area contributed by atoms with Gasteiger partial charge in [0.25, 0.3) is 0 Å². The number of nitrogens with two attached hydrogens (primary N) is 1. The molecule has 1 aliphatic rings. The monoisotopic (exact) mass is 270 g/mol. The molecule has 3 rings (SSSR count). The molecule has 1 atom stereocenters. The fourth-order valence-corrected chi connectivity index (χ4v) is 2.50. The molecule has 0 aromatic heterocycles. The van der Waals surface area contributed by atoms with E-state index in [4.69, 9.17) is 5.73 Å². The minimum absolute atomic E-state index is 0.0722. The summed E-state index contributed by atoms with van der Waals surface area (Å²) in [6.07, 6.45) is 1.05. The maximum atomic E-state index is 14.2. The van der Waals surface area contributed by atoms with Gasteiger partial charge in [-0.3, -0.25) is 4.79 Å². The van der Waals surface area contributed by atoms with Crippen LogP contribution in [-0.4, -0.2) is 5.91 Å². The number of hydrogen-bond acceptors (Lipinski definition) is 2. The first-order valence-electron chi connectivity index (χ1n) is 6.58. The Balaban J connectivity index is 2.00. The average Bonchev–Trinajstić information content (AvgIpc) is 2.46.